The molecule has 2 N–H and O–H groups in total. The van der Waals surface area contributed by atoms with Crippen LogP contribution >= 0.6 is 0 Å². The number of urea groups is 1. The van der Waals surface area contributed by atoms with E-state index >= 15 is 8.78 Å². The predicted octanol–water partition coefficient (Wildman–Crippen LogP) is 4.79. The number of oxazole rings is 1. The quantitative estimate of drug-likeness (QED) is 0.385. The number of aryl methyl sites for hydroxylation is 1. The summed E-state index contributed by atoms with van der Waals surface area (Å²) in [6.07, 6.45) is -4.71. The third kappa shape index (κ3) is 5.81. The molecule has 1 saturated heterocycles. The number of benzene rings is 1. The van der Waals surface area contributed by atoms with Gasteiger partial charge in [-0.2, -0.15) is 27.1 Å². The first kappa shape index (κ1) is 28.7. The second kappa shape index (κ2) is 10.2. The Labute approximate surface area is 228 Å². The molecule has 2 unspecified atom stereocenters. The molecule has 3 aromatic rings. The maximum atomic E-state index is 15.0. The van der Waals surface area contributed by atoms with Crippen LogP contribution in [0.5, 0.6) is 0 Å². The summed E-state index contributed by atoms with van der Waals surface area (Å²) in [6.45, 7) is -0.763. The molecule has 0 spiro atoms. The van der Waals surface area contributed by atoms with Crippen LogP contribution in [0.4, 0.5) is 35.5 Å². The number of halogens is 7. The Balaban J connectivity index is 1.40. The Kier molecular flexibility index (Phi) is 7.14. The van der Waals surface area contributed by atoms with Crippen LogP contribution in [-0.4, -0.2) is 56.3 Å². The largest absolute Gasteiger partial charge is 0.438 e. The molecule has 1 saturated carbocycles. The number of hydrogen-bond acceptors (Lipinski definition) is 5. The zero-order chi connectivity index (χ0) is 29.7. The summed E-state index contributed by atoms with van der Waals surface area (Å²) >= 11 is 0. The van der Waals surface area contributed by atoms with Crippen molar-refractivity contribution in [1.82, 2.24) is 30.3 Å². The Hall–Kier alpha value is -3.85. The molecule has 3 heterocycles. The van der Waals surface area contributed by atoms with Crippen LogP contribution < -0.4 is 10.6 Å². The van der Waals surface area contributed by atoms with Gasteiger partial charge < -0.3 is 20.0 Å². The van der Waals surface area contributed by atoms with Gasteiger partial charge in [-0.25, -0.2) is 18.6 Å². The van der Waals surface area contributed by atoms with Crippen molar-refractivity contribution in [1.29, 1.82) is 0 Å². The minimum Gasteiger partial charge on any atom is -0.438 e. The van der Waals surface area contributed by atoms with Crippen LogP contribution in [0.3, 0.4) is 0 Å². The number of carbonyl (C=O) groups excluding carboxylic acids is 2. The number of hydrogen-bond donors (Lipinski definition) is 2. The molecule has 222 valence electrons. The molecule has 2 aromatic heterocycles. The van der Waals surface area contributed by atoms with Crippen LogP contribution in [0, 0.1) is 5.92 Å². The van der Waals surface area contributed by atoms with Crippen molar-refractivity contribution in [3.8, 4) is 0 Å². The summed E-state index contributed by atoms with van der Waals surface area (Å²) in [7, 11) is 1.24. The average molecular weight is 591 g/mol. The van der Waals surface area contributed by atoms with Gasteiger partial charge in [-0.3, -0.25) is 9.48 Å². The third-order valence-corrected chi connectivity index (χ3v) is 7.44. The van der Waals surface area contributed by atoms with E-state index in [4.69, 9.17) is 4.42 Å². The summed E-state index contributed by atoms with van der Waals surface area (Å²) in [4.78, 5) is 30.1. The van der Waals surface area contributed by atoms with E-state index in [0.29, 0.717) is 5.56 Å². The normalized spacial score (nSPS) is 20.8. The minimum absolute atomic E-state index is 0.0936. The summed E-state index contributed by atoms with van der Waals surface area (Å²) in [5.41, 5.74) is 0.0886. The molecule has 9 nitrogen and oxygen atoms in total. The molecule has 5 rings (SSSR count). The Morgan fingerprint density at radius 2 is 1.90 bits per heavy atom. The maximum absolute atomic E-state index is 15.0. The fourth-order valence-electron chi connectivity index (χ4n) is 5.16. The Morgan fingerprint density at radius 1 is 1.20 bits per heavy atom. The molecule has 2 atom stereocenters. The van der Waals surface area contributed by atoms with Crippen molar-refractivity contribution in [3.63, 3.8) is 0 Å². The van der Waals surface area contributed by atoms with Gasteiger partial charge in [-0.15, -0.1) is 0 Å². The molecule has 2 fully saturated rings. The first-order valence-electron chi connectivity index (χ1n) is 12.7. The molecule has 1 aliphatic heterocycles. The molecule has 16 heteroatoms. The summed E-state index contributed by atoms with van der Waals surface area (Å²) < 4.78 is 103. The highest BCUT2D eigenvalue weighted by Gasteiger charge is 2.48. The highest BCUT2D eigenvalue weighted by Crippen LogP contribution is 2.42. The van der Waals surface area contributed by atoms with Crippen molar-refractivity contribution in [2.75, 3.05) is 6.54 Å². The molecule has 2 aliphatic rings. The van der Waals surface area contributed by atoms with Crippen LogP contribution in [0.2, 0.25) is 0 Å². The van der Waals surface area contributed by atoms with E-state index in [9.17, 15) is 31.5 Å². The first-order valence-corrected chi connectivity index (χ1v) is 12.7. The van der Waals surface area contributed by atoms with E-state index in [1.165, 1.54) is 25.2 Å². The van der Waals surface area contributed by atoms with Crippen LogP contribution in [0.15, 0.2) is 34.9 Å². The van der Waals surface area contributed by atoms with Gasteiger partial charge >= 0.3 is 18.1 Å². The molecule has 41 heavy (non-hydrogen) atoms. The lowest BCUT2D eigenvalue weighted by molar-refractivity contribution is -0.150. The van der Waals surface area contributed by atoms with Gasteiger partial charge in [0.15, 0.2) is 5.58 Å². The van der Waals surface area contributed by atoms with Crippen LogP contribution in [0.1, 0.15) is 48.9 Å². The van der Waals surface area contributed by atoms with Gasteiger partial charge in [0.1, 0.15) is 23.3 Å². The number of amides is 3. The molecule has 0 radical (unpaired) electrons. The van der Waals surface area contributed by atoms with Gasteiger partial charge in [0, 0.05) is 32.6 Å². The summed E-state index contributed by atoms with van der Waals surface area (Å²) in [5, 5.41) is 7.78. The lowest BCUT2D eigenvalue weighted by Gasteiger charge is -2.33. The smallest absolute Gasteiger partial charge is 0.410 e. The minimum atomic E-state index is -4.61. The summed E-state index contributed by atoms with van der Waals surface area (Å²) in [5.74, 6) is -9.50. The van der Waals surface area contributed by atoms with E-state index < -0.39 is 73.0 Å². The Morgan fingerprint density at radius 3 is 2.51 bits per heavy atom. The molecule has 1 aliphatic carbocycles. The lowest BCUT2D eigenvalue weighted by atomic mass is 9.82. The monoisotopic (exact) mass is 590 g/mol. The maximum Gasteiger partial charge on any atom is 0.410 e. The van der Waals surface area contributed by atoms with Crippen LogP contribution in [-0.2, 0) is 24.3 Å². The third-order valence-electron chi connectivity index (χ3n) is 7.44. The average Bonchev–Trinajstić information content (AvgIpc) is 3.61. The number of fused-ring (bicyclic) bond motifs is 1. The highest BCUT2D eigenvalue weighted by atomic mass is 19.4. The van der Waals surface area contributed by atoms with Gasteiger partial charge in [0.2, 0.25) is 11.8 Å². The number of alkyl halides is 7. The van der Waals surface area contributed by atoms with Gasteiger partial charge in [0.25, 0.3) is 5.91 Å². The highest BCUT2D eigenvalue weighted by molar-refractivity contribution is 5.84. The zero-order valence-corrected chi connectivity index (χ0v) is 21.5. The number of carbonyl (C=O) groups is 2. The van der Waals surface area contributed by atoms with E-state index in [1.807, 2.05) is 5.32 Å². The topological polar surface area (TPSA) is 105 Å². The lowest BCUT2D eigenvalue weighted by Crippen LogP contribution is -2.44. The van der Waals surface area contributed by atoms with Crippen molar-refractivity contribution < 1.29 is 44.7 Å². The molecule has 3 amide bonds. The second-order valence-electron chi connectivity index (χ2n) is 10.3. The van der Waals surface area contributed by atoms with E-state index in [0.717, 1.165) is 21.8 Å². The van der Waals surface area contributed by atoms with Crippen LogP contribution in [0.25, 0.3) is 11.1 Å². The SMILES string of the molecule is Cn1nccc1C(F)(F)C(=O)NC(c1nc2cc(CN3CC(C(F)(F)F)NC3=O)ccc2o1)C1CCC(F)(F)CC1. The van der Waals surface area contributed by atoms with Gasteiger partial charge in [-0.1, -0.05) is 6.07 Å². The molecule has 1 aromatic carbocycles. The predicted molar refractivity (Wildman–Crippen MR) is 128 cm³/mol. The van der Waals surface area contributed by atoms with Crippen molar-refractivity contribution >= 4 is 23.0 Å². The zero-order valence-electron chi connectivity index (χ0n) is 21.5. The van der Waals surface area contributed by atoms with E-state index in [2.05, 4.69) is 15.4 Å². The van der Waals surface area contributed by atoms with Gasteiger partial charge in [0.05, 0.1) is 6.54 Å². The van der Waals surface area contributed by atoms with E-state index in [-0.39, 0.29) is 36.4 Å². The fraction of sp³-hybridized carbons (Fsp3) is 0.520. The molecular formula is C25H25F7N6O3. The number of aromatic nitrogens is 3. The van der Waals surface area contributed by atoms with Crippen molar-refractivity contribution in [2.24, 2.45) is 13.0 Å². The second-order valence-corrected chi connectivity index (χ2v) is 10.3. The van der Waals surface area contributed by atoms with E-state index in [1.54, 1.807) is 0 Å². The van der Waals surface area contributed by atoms with Gasteiger partial charge in [-0.05, 0) is 42.5 Å². The van der Waals surface area contributed by atoms with Crippen molar-refractivity contribution in [3.05, 3.63) is 47.6 Å². The number of nitrogens with one attached hydrogen (secondary N) is 2. The fourth-order valence-corrected chi connectivity index (χ4v) is 5.16. The molecule has 0 bridgehead atoms. The summed E-state index contributed by atoms with van der Waals surface area (Å²) in [6, 6.07) is 1.20. The Bertz CT molecular complexity index is 1440. The first-order chi connectivity index (χ1) is 19.1. The standard InChI is InChI=1S/C25H25F7N6O3/c1-37-18(6-9-33-37)24(28,29)21(39)36-19(14-4-7-23(26,27)8-5-14)20-34-15-10-13(2-3-16(15)41-20)11-38-12-17(25(30,31)32)35-22(38)40/h2-3,6,9-10,14,17,19H,4-5,7-8,11-12H2,1H3,(H,35,40)(H,36,39). The molecular weight excluding hydrogens is 565 g/mol. The number of nitrogens with zero attached hydrogens (tertiary/aromatic N) is 4. The van der Waals surface area contributed by atoms with Crippen molar-refractivity contribution in [2.45, 2.75) is 62.3 Å². The number of rotatable bonds is 7.